The second-order valence-corrected chi connectivity index (χ2v) is 4.86. The zero-order valence-electron chi connectivity index (χ0n) is 10.9. The molecule has 0 amide bonds. The van der Waals surface area contributed by atoms with Gasteiger partial charge in [-0.3, -0.25) is 9.59 Å². The number of carbonyl (C=O) groups excluding carboxylic acids is 2. The molecule has 1 fully saturated rings. The third-order valence-corrected chi connectivity index (χ3v) is 3.55. The van der Waals surface area contributed by atoms with Crippen LogP contribution in [0.15, 0.2) is 60.7 Å². The van der Waals surface area contributed by atoms with Crippen LogP contribution >= 0.6 is 0 Å². The molecule has 1 aliphatic rings. The van der Waals surface area contributed by atoms with E-state index < -0.39 is 6.10 Å². The second-order valence-electron chi connectivity index (χ2n) is 4.86. The minimum absolute atomic E-state index is 0.134. The molecule has 2 atom stereocenters. The Morgan fingerprint density at radius 3 is 2.20 bits per heavy atom. The monoisotopic (exact) mass is 266 g/mol. The van der Waals surface area contributed by atoms with Crippen LogP contribution < -0.4 is 0 Å². The van der Waals surface area contributed by atoms with E-state index in [0.717, 1.165) is 5.56 Å². The third-order valence-electron chi connectivity index (χ3n) is 3.55. The van der Waals surface area contributed by atoms with E-state index in [1.807, 2.05) is 48.5 Å². The average molecular weight is 266 g/mol. The number of esters is 1. The van der Waals surface area contributed by atoms with Crippen LogP contribution in [0.2, 0.25) is 0 Å². The first-order valence-corrected chi connectivity index (χ1v) is 6.59. The first-order valence-electron chi connectivity index (χ1n) is 6.59. The van der Waals surface area contributed by atoms with Gasteiger partial charge in [-0.15, -0.1) is 0 Å². The van der Waals surface area contributed by atoms with Crippen molar-refractivity contribution in [3.8, 4) is 0 Å². The van der Waals surface area contributed by atoms with E-state index in [-0.39, 0.29) is 24.1 Å². The summed E-state index contributed by atoms with van der Waals surface area (Å²) in [6.45, 7) is 0. The molecule has 0 aromatic heterocycles. The van der Waals surface area contributed by atoms with Crippen LogP contribution in [0.3, 0.4) is 0 Å². The number of ether oxygens (including phenoxy) is 1. The van der Waals surface area contributed by atoms with Crippen LogP contribution in [0.25, 0.3) is 0 Å². The first kappa shape index (κ1) is 12.6. The molecule has 0 radical (unpaired) electrons. The highest BCUT2D eigenvalue weighted by Gasteiger charge is 2.40. The van der Waals surface area contributed by atoms with Gasteiger partial charge in [-0.2, -0.15) is 0 Å². The van der Waals surface area contributed by atoms with Crippen molar-refractivity contribution in [2.24, 2.45) is 0 Å². The molecule has 20 heavy (non-hydrogen) atoms. The van der Waals surface area contributed by atoms with Gasteiger partial charge < -0.3 is 4.74 Å². The Bertz CT molecular complexity index is 619. The van der Waals surface area contributed by atoms with Gasteiger partial charge in [0.25, 0.3) is 0 Å². The summed E-state index contributed by atoms with van der Waals surface area (Å²) in [6.07, 6.45) is -0.458. The Labute approximate surface area is 117 Å². The zero-order chi connectivity index (χ0) is 13.9. The van der Waals surface area contributed by atoms with Gasteiger partial charge in [0.1, 0.15) is 0 Å². The lowest BCUT2D eigenvalue weighted by Crippen LogP contribution is -2.25. The van der Waals surface area contributed by atoms with E-state index in [1.54, 1.807) is 12.1 Å². The highest BCUT2D eigenvalue weighted by atomic mass is 16.6. The molecule has 3 heteroatoms. The number of benzene rings is 2. The van der Waals surface area contributed by atoms with Gasteiger partial charge in [0.05, 0.1) is 6.42 Å². The number of ketones is 1. The number of hydrogen-bond donors (Lipinski definition) is 0. The number of carbonyl (C=O) groups is 2. The van der Waals surface area contributed by atoms with Gasteiger partial charge in [0.2, 0.25) is 5.78 Å². The Morgan fingerprint density at radius 1 is 0.950 bits per heavy atom. The van der Waals surface area contributed by atoms with Gasteiger partial charge >= 0.3 is 5.97 Å². The van der Waals surface area contributed by atoms with Crippen molar-refractivity contribution in [3.63, 3.8) is 0 Å². The summed E-state index contributed by atoms with van der Waals surface area (Å²) in [4.78, 5) is 24.1. The summed E-state index contributed by atoms with van der Waals surface area (Å²) >= 11 is 0. The fraction of sp³-hybridized carbons (Fsp3) is 0.176. The molecule has 100 valence electrons. The lowest BCUT2D eigenvalue weighted by Gasteiger charge is -2.16. The minimum Gasteiger partial charge on any atom is -0.453 e. The van der Waals surface area contributed by atoms with Crippen LogP contribution in [-0.4, -0.2) is 17.9 Å². The fourth-order valence-electron chi connectivity index (χ4n) is 2.55. The predicted molar refractivity (Wildman–Crippen MR) is 74.5 cm³/mol. The SMILES string of the molecule is O=C1C[C@@H](c2ccccc2)[C@H](C(=O)c2ccccc2)O1. The largest absolute Gasteiger partial charge is 0.453 e. The van der Waals surface area contributed by atoms with Crippen molar-refractivity contribution in [2.45, 2.75) is 18.4 Å². The van der Waals surface area contributed by atoms with E-state index in [1.165, 1.54) is 0 Å². The smallest absolute Gasteiger partial charge is 0.307 e. The molecule has 0 saturated carbocycles. The van der Waals surface area contributed by atoms with Crippen molar-refractivity contribution in [1.82, 2.24) is 0 Å². The summed E-state index contributed by atoms with van der Waals surface area (Å²) < 4.78 is 5.26. The Morgan fingerprint density at radius 2 is 1.55 bits per heavy atom. The molecule has 3 nitrogen and oxygen atoms in total. The van der Waals surface area contributed by atoms with E-state index >= 15 is 0 Å². The van der Waals surface area contributed by atoms with Gasteiger partial charge in [-0.25, -0.2) is 0 Å². The van der Waals surface area contributed by atoms with Crippen molar-refractivity contribution in [2.75, 3.05) is 0 Å². The first-order chi connectivity index (χ1) is 9.75. The molecule has 0 bridgehead atoms. The summed E-state index contributed by atoms with van der Waals surface area (Å²) in [5.74, 6) is -0.644. The van der Waals surface area contributed by atoms with Crippen LogP contribution in [0, 0.1) is 0 Å². The highest BCUT2D eigenvalue weighted by Crippen LogP contribution is 2.33. The standard InChI is InChI=1S/C17H14O3/c18-15-11-14(12-7-3-1-4-8-12)17(20-15)16(19)13-9-5-2-6-10-13/h1-10,14,17H,11H2/t14-,17+/m0/s1. The maximum absolute atomic E-state index is 12.5. The fourth-order valence-corrected chi connectivity index (χ4v) is 2.55. The molecule has 0 N–H and O–H groups in total. The normalized spacial score (nSPS) is 21.5. The van der Waals surface area contributed by atoms with Gasteiger partial charge in [0, 0.05) is 11.5 Å². The maximum atomic E-state index is 12.5. The van der Waals surface area contributed by atoms with Gasteiger partial charge in [0.15, 0.2) is 6.10 Å². The van der Waals surface area contributed by atoms with Crippen LogP contribution in [0.5, 0.6) is 0 Å². The van der Waals surface area contributed by atoms with Gasteiger partial charge in [-0.05, 0) is 5.56 Å². The number of cyclic esters (lactones) is 1. The van der Waals surface area contributed by atoms with Crippen molar-refractivity contribution < 1.29 is 14.3 Å². The number of rotatable bonds is 3. The van der Waals surface area contributed by atoms with E-state index in [4.69, 9.17) is 4.74 Å². The number of hydrogen-bond acceptors (Lipinski definition) is 3. The van der Waals surface area contributed by atoms with E-state index in [9.17, 15) is 9.59 Å². The number of Topliss-reactive ketones (excluding diaryl/α,β-unsaturated/α-hetero) is 1. The van der Waals surface area contributed by atoms with Crippen LogP contribution in [0.4, 0.5) is 0 Å². The molecular formula is C17H14O3. The van der Waals surface area contributed by atoms with Crippen LogP contribution in [0.1, 0.15) is 28.3 Å². The Balaban J connectivity index is 1.91. The molecular weight excluding hydrogens is 252 g/mol. The Hall–Kier alpha value is -2.42. The molecule has 0 spiro atoms. The molecule has 3 rings (SSSR count). The quantitative estimate of drug-likeness (QED) is 0.633. The molecule has 1 saturated heterocycles. The summed E-state index contributed by atoms with van der Waals surface area (Å²) in [5.41, 5.74) is 1.54. The molecule has 0 aliphatic carbocycles. The third kappa shape index (κ3) is 2.35. The highest BCUT2D eigenvalue weighted by molar-refractivity contribution is 6.02. The van der Waals surface area contributed by atoms with E-state index in [2.05, 4.69) is 0 Å². The van der Waals surface area contributed by atoms with Crippen molar-refractivity contribution in [1.29, 1.82) is 0 Å². The van der Waals surface area contributed by atoms with Crippen LogP contribution in [-0.2, 0) is 9.53 Å². The molecule has 2 aromatic carbocycles. The predicted octanol–water partition coefficient (Wildman–Crippen LogP) is 2.97. The maximum Gasteiger partial charge on any atom is 0.307 e. The Kier molecular flexibility index (Phi) is 3.33. The summed E-state index contributed by atoms with van der Waals surface area (Å²) in [5, 5.41) is 0. The summed E-state index contributed by atoms with van der Waals surface area (Å²) in [6, 6.07) is 18.5. The van der Waals surface area contributed by atoms with Crippen molar-refractivity contribution >= 4 is 11.8 Å². The summed E-state index contributed by atoms with van der Waals surface area (Å²) in [7, 11) is 0. The lowest BCUT2D eigenvalue weighted by molar-refractivity contribution is -0.140. The molecule has 1 aliphatic heterocycles. The molecule has 1 heterocycles. The lowest BCUT2D eigenvalue weighted by atomic mass is 9.88. The molecule has 0 unspecified atom stereocenters. The zero-order valence-corrected chi connectivity index (χ0v) is 10.9. The van der Waals surface area contributed by atoms with Crippen molar-refractivity contribution in [3.05, 3.63) is 71.8 Å². The molecule has 2 aromatic rings. The average Bonchev–Trinajstić information content (AvgIpc) is 2.90. The second kappa shape index (κ2) is 5.29. The van der Waals surface area contributed by atoms with E-state index in [0.29, 0.717) is 5.56 Å². The topological polar surface area (TPSA) is 43.4 Å². The van der Waals surface area contributed by atoms with Gasteiger partial charge in [-0.1, -0.05) is 60.7 Å². The minimum atomic E-state index is -0.715.